The van der Waals surface area contributed by atoms with Gasteiger partial charge in [-0.1, -0.05) is 21.6 Å². The summed E-state index contributed by atoms with van der Waals surface area (Å²) in [6, 6.07) is -0.882. The second-order valence-electron chi connectivity index (χ2n) is 4.30. The predicted octanol–water partition coefficient (Wildman–Crippen LogP) is 0.265. The fourth-order valence-electron chi connectivity index (χ4n) is 1.61. The smallest absolute Gasteiger partial charge is 0.327 e. The lowest BCUT2D eigenvalue weighted by molar-refractivity contribution is -0.141. The molecule has 2 unspecified atom stereocenters. The number of hydrogen-bond donors (Lipinski definition) is 3. The second-order valence-corrected chi connectivity index (χ2v) is 6.85. The highest BCUT2D eigenvalue weighted by atomic mass is 33.1. The van der Waals surface area contributed by atoms with Gasteiger partial charge in [-0.3, -0.25) is 9.59 Å². The maximum atomic E-state index is 11.9. The Bertz CT molecular complexity index is 352. The lowest BCUT2D eigenvalue weighted by Crippen LogP contribution is -2.46. The van der Waals surface area contributed by atoms with Gasteiger partial charge in [0.2, 0.25) is 5.91 Å². The van der Waals surface area contributed by atoms with E-state index in [0.29, 0.717) is 30.9 Å². The zero-order chi connectivity index (χ0) is 14.3. The number of ketones is 1. The van der Waals surface area contributed by atoms with Gasteiger partial charge in [-0.2, -0.15) is 0 Å². The molecule has 1 fully saturated rings. The van der Waals surface area contributed by atoms with Gasteiger partial charge in [0.1, 0.15) is 11.8 Å². The first-order valence-corrected chi connectivity index (χ1v) is 8.52. The first-order chi connectivity index (χ1) is 9.04. The van der Waals surface area contributed by atoms with E-state index >= 15 is 0 Å². The summed E-state index contributed by atoms with van der Waals surface area (Å²) in [7, 11) is 2.85. The van der Waals surface area contributed by atoms with Crippen molar-refractivity contribution < 1.29 is 19.5 Å². The largest absolute Gasteiger partial charge is 0.480 e. The SMILES string of the molecule is NCCCC(=O)CC1CSSCC(C(=O)O)NC1=O. The van der Waals surface area contributed by atoms with E-state index in [-0.39, 0.29) is 18.1 Å². The van der Waals surface area contributed by atoms with Crippen LogP contribution in [0.1, 0.15) is 19.3 Å². The van der Waals surface area contributed by atoms with Gasteiger partial charge in [0.05, 0.1) is 5.92 Å². The van der Waals surface area contributed by atoms with Crippen molar-refractivity contribution in [1.29, 1.82) is 0 Å². The molecule has 0 bridgehead atoms. The molecule has 108 valence electrons. The third-order valence-electron chi connectivity index (χ3n) is 2.71. The van der Waals surface area contributed by atoms with E-state index in [1.807, 2.05) is 0 Å². The molecule has 0 aromatic heterocycles. The van der Waals surface area contributed by atoms with Gasteiger partial charge < -0.3 is 16.2 Å². The number of carbonyl (C=O) groups excluding carboxylic acids is 2. The van der Waals surface area contributed by atoms with Gasteiger partial charge in [-0.25, -0.2) is 4.79 Å². The summed E-state index contributed by atoms with van der Waals surface area (Å²) >= 11 is 0. The van der Waals surface area contributed by atoms with Crippen LogP contribution in [0.5, 0.6) is 0 Å². The van der Waals surface area contributed by atoms with Crippen molar-refractivity contribution in [2.24, 2.45) is 11.7 Å². The Kier molecular flexibility index (Phi) is 7.25. The molecule has 1 rings (SSSR count). The highest BCUT2D eigenvalue weighted by Gasteiger charge is 2.29. The summed E-state index contributed by atoms with van der Waals surface area (Å²) in [4.78, 5) is 34.5. The van der Waals surface area contributed by atoms with Crippen LogP contribution >= 0.6 is 21.6 Å². The summed E-state index contributed by atoms with van der Waals surface area (Å²) < 4.78 is 0. The number of amides is 1. The first kappa shape index (κ1) is 16.3. The van der Waals surface area contributed by atoms with Crippen LogP contribution < -0.4 is 11.1 Å². The van der Waals surface area contributed by atoms with Crippen LogP contribution in [0, 0.1) is 5.92 Å². The van der Waals surface area contributed by atoms with Crippen LogP contribution in [-0.2, 0) is 14.4 Å². The normalized spacial score (nSPS) is 24.2. The molecule has 8 heteroatoms. The van der Waals surface area contributed by atoms with Gasteiger partial charge in [-0.15, -0.1) is 0 Å². The minimum Gasteiger partial charge on any atom is -0.480 e. The molecule has 0 aromatic rings. The molecule has 1 amide bonds. The quantitative estimate of drug-likeness (QED) is 0.604. The summed E-state index contributed by atoms with van der Waals surface area (Å²) in [5.41, 5.74) is 5.33. The van der Waals surface area contributed by atoms with Gasteiger partial charge in [0.15, 0.2) is 0 Å². The summed E-state index contributed by atoms with van der Waals surface area (Å²) in [5, 5.41) is 11.4. The van der Waals surface area contributed by atoms with E-state index in [1.54, 1.807) is 0 Å². The minimum absolute atomic E-state index is 0.00338. The Hall–Kier alpha value is -0.730. The number of carboxylic acid groups (broad SMARTS) is 1. The molecule has 1 aliphatic rings. The van der Waals surface area contributed by atoms with E-state index in [4.69, 9.17) is 10.8 Å². The standard InChI is InChI=1S/C11H18N2O4S2/c12-3-1-2-8(14)4-7-5-18-19-6-9(11(16)17)13-10(7)15/h7,9H,1-6,12H2,(H,13,15)(H,16,17). The highest BCUT2D eigenvalue weighted by Crippen LogP contribution is 2.28. The molecule has 0 saturated carbocycles. The minimum atomic E-state index is -1.04. The molecule has 4 N–H and O–H groups in total. The van der Waals surface area contributed by atoms with Crippen LogP contribution in [0.25, 0.3) is 0 Å². The number of carboxylic acids is 1. The van der Waals surface area contributed by atoms with E-state index in [1.165, 1.54) is 21.6 Å². The molecule has 0 spiro atoms. The lowest BCUT2D eigenvalue weighted by Gasteiger charge is -2.22. The van der Waals surface area contributed by atoms with Crippen molar-refractivity contribution >= 4 is 39.2 Å². The molecular weight excluding hydrogens is 288 g/mol. The van der Waals surface area contributed by atoms with Crippen LogP contribution in [0.4, 0.5) is 0 Å². The van der Waals surface area contributed by atoms with E-state index < -0.39 is 17.9 Å². The van der Waals surface area contributed by atoms with Crippen LogP contribution in [0.3, 0.4) is 0 Å². The van der Waals surface area contributed by atoms with Crippen molar-refractivity contribution in [3.8, 4) is 0 Å². The molecule has 1 aliphatic heterocycles. The molecule has 2 atom stereocenters. The Morgan fingerprint density at radius 3 is 2.68 bits per heavy atom. The number of carbonyl (C=O) groups is 3. The number of hydrogen-bond acceptors (Lipinski definition) is 6. The Balaban J connectivity index is 2.54. The number of nitrogens with two attached hydrogens (primary N) is 1. The molecule has 0 aliphatic carbocycles. The first-order valence-electron chi connectivity index (χ1n) is 6.04. The Morgan fingerprint density at radius 1 is 1.37 bits per heavy atom. The third-order valence-corrected chi connectivity index (χ3v) is 5.20. The molecule has 0 aromatic carbocycles. The molecule has 0 radical (unpaired) electrons. The van der Waals surface area contributed by atoms with Crippen LogP contribution in [0.15, 0.2) is 0 Å². The van der Waals surface area contributed by atoms with E-state index in [0.717, 1.165) is 0 Å². The zero-order valence-electron chi connectivity index (χ0n) is 10.5. The molecule has 19 heavy (non-hydrogen) atoms. The number of nitrogens with one attached hydrogen (secondary N) is 1. The number of rotatable bonds is 6. The van der Waals surface area contributed by atoms with Crippen molar-refractivity contribution in [3.05, 3.63) is 0 Å². The zero-order valence-corrected chi connectivity index (χ0v) is 12.1. The molecular formula is C11H18N2O4S2. The lowest BCUT2D eigenvalue weighted by atomic mass is 10.0. The van der Waals surface area contributed by atoms with Gasteiger partial charge >= 0.3 is 5.97 Å². The molecule has 1 saturated heterocycles. The van der Waals surface area contributed by atoms with Crippen molar-refractivity contribution in [2.75, 3.05) is 18.1 Å². The summed E-state index contributed by atoms with van der Waals surface area (Å²) in [6.07, 6.45) is 1.15. The van der Waals surface area contributed by atoms with Gasteiger partial charge in [0.25, 0.3) is 0 Å². The topological polar surface area (TPSA) is 109 Å². The van der Waals surface area contributed by atoms with Gasteiger partial charge in [0, 0.05) is 24.3 Å². The molecule has 1 heterocycles. The predicted molar refractivity (Wildman–Crippen MR) is 75.9 cm³/mol. The fourth-order valence-corrected chi connectivity index (χ4v) is 4.08. The van der Waals surface area contributed by atoms with Gasteiger partial charge in [-0.05, 0) is 13.0 Å². The Labute approximate surface area is 119 Å². The van der Waals surface area contributed by atoms with Crippen molar-refractivity contribution in [1.82, 2.24) is 5.32 Å². The van der Waals surface area contributed by atoms with Crippen LogP contribution in [-0.4, -0.2) is 46.9 Å². The fraction of sp³-hybridized carbons (Fsp3) is 0.727. The highest BCUT2D eigenvalue weighted by molar-refractivity contribution is 8.76. The van der Waals surface area contributed by atoms with Crippen LogP contribution in [0.2, 0.25) is 0 Å². The molecule has 6 nitrogen and oxygen atoms in total. The summed E-state index contributed by atoms with van der Waals surface area (Å²) in [5.74, 6) is -0.983. The van der Waals surface area contributed by atoms with E-state index in [2.05, 4.69) is 5.32 Å². The maximum absolute atomic E-state index is 11.9. The average molecular weight is 306 g/mol. The van der Waals surface area contributed by atoms with Crippen molar-refractivity contribution in [2.45, 2.75) is 25.3 Å². The Morgan fingerprint density at radius 2 is 2.05 bits per heavy atom. The number of aliphatic carboxylic acids is 1. The number of Topliss-reactive ketones (excluding diaryl/α,β-unsaturated/α-hetero) is 1. The average Bonchev–Trinajstić information content (AvgIpc) is 2.35. The van der Waals surface area contributed by atoms with E-state index in [9.17, 15) is 14.4 Å². The summed E-state index contributed by atoms with van der Waals surface area (Å²) in [6.45, 7) is 0.453. The maximum Gasteiger partial charge on any atom is 0.327 e. The third kappa shape index (κ3) is 5.84. The second kappa shape index (κ2) is 8.44. The van der Waals surface area contributed by atoms with Crippen molar-refractivity contribution in [3.63, 3.8) is 0 Å². The monoisotopic (exact) mass is 306 g/mol.